The predicted molar refractivity (Wildman–Crippen MR) is 144 cm³/mol. The molecule has 0 atom stereocenters. The Morgan fingerprint density at radius 2 is 0.645 bits per heavy atom. The molecule has 188 valence electrons. The summed E-state index contributed by atoms with van der Waals surface area (Å²) >= 11 is 0. The maximum Gasteiger partial charge on any atom is 0.0203 e. The lowest BCUT2D eigenvalue weighted by atomic mass is 9.81. The molecule has 0 saturated carbocycles. The molecule has 0 N–H and O–H groups in total. The number of nitrogens with zero attached hydrogens (tertiary/aromatic N) is 1. The van der Waals surface area contributed by atoms with Crippen LogP contribution in [0.5, 0.6) is 0 Å². The molecule has 0 aromatic heterocycles. The third-order valence-corrected chi connectivity index (χ3v) is 7.66. The van der Waals surface area contributed by atoms with Gasteiger partial charge in [-0.2, -0.15) is 0 Å². The summed E-state index contributed by atoms with van der Waals surface area (Å²) in [7, 11) is 4.70. The van der Waals surface area contributed by atoms with Crippen molar-refractivity contribution >= 4 is 0 Å². The first-order valence-corrected chi connectivity index (χ1v) is 14.8. The molecule has 0 unspecified atom stereocenters. The smallest absolute Gasteiger partial charge is 0.0203 e. The maximum atomic E-state index is 2.60. The Morgan fingerprint density at radius 3 is 0.903 bits per heavy atom. The van der Waals surface area contributed by atoms with Crippen LogP contribution in [0.15, 0.2) is 0 Å². The molecular formula is C30H63N. The van der Waals surface area contributed by atoms with Crippen molar-refractivity contribution in [1.29, 1.82) is 0 Å². The van der Waals surface area contributed by atoms with Gasteiger partial charge in [0.25, 0.3) is 0 Å². The van der Waals surface area contributed by atoms with Crippen LogP contribution in [0, 0.1) is 0 Å². The van der Waals surface area contributed by atoms with Gasteiger partial charge in [0, 0.05) is 5.54 Å². The largest absolute Gasteiger partial charge is 0.304 e. The second kappa shape index (κ2) is 23.1. The predicted octanol–water partition coefficient (Wildman–Crippen LogP) is 10.7. The Bertz CT molecular complexity index is 311. The SMILES string of the molecule is CCCCCCCCCCCCC(CCC)(CCCCCCCCCCCC)N(C)C. The highest BCUT2D eigenvalue weighted by molar-refractivity contribution is 4.87. The van der Waals surface area contributed by atoms with E-state index in [1.807, 2.05) is 0 Å². The molecule has 0 aliphatic heterocycles. The molecule has 0 spiro atoms. The Kier molecular flexibility index (Phi) is 23.1. The molecule has 0 aliphatic rings. The van der Waals surface area contributed by atoms with Crippen molar-refractivity contribution < 1.29 is 0 Å². The highest BCUT2D eigenvalue weighted by Crippen LogP contribution is 2.32. The molecule has 0 aromatic carbocycles. The molecule has 31 heavy (non-hydrogen) atoms. The van der Waals surface area contributed by atoms with Crippen LogP contribution in [0.2, 0.25) is 0 Å². The lowest BCUT2D eigenvalue weighted by Gasteiger charge is -2.41. The van der Waals surface area contributed by atoms with Gasteiger partial charge >= 0.3 is 0 Å². The van der Waals surface area contributed by atoms with Gasteiger partial charge in [-0.15, -0.1) is 0 Å². The van der Waals surface area contributed by atoms with Gasteiger partial charge in [-0.1, -0.05) is 156 Å². The van der Waals surface area contributed by atoms with E-state index in [9.17, 15) is 0 Å². The summed E-state index contributed by atoms with van der Waals surface area (Å²) in [6.07, 6.45) is 34.5. The lowest BCUT2D eigenvalue weighted by molar-refractivity contribution is 0.107. The minimum atomic E-state index is 0.467. The number of rotatable bonds is 25. The highest BCUT2D eigenvalue weighted by Gasteiger charge is 2.30. The van der Waals surface area contributed by atoms with Crippen LogP contribution in [-0.2, 0) is 0 Å². The van der Waals surface area contributed by atoms with E-state index in [0.29, 0.717) is 5.54 Å². The van der Waals surface area contributed by atoms with Crippen molar-refractivity contribution in [3.05, 3.63) is 0 Å². The fraction of sp³-hybridized carbons (Fsp3) is 1.00. The molecule has 0 amide bonds. The fourth-order valence-corrected chi connectivity index (χ4v) is 5.39. The van der Waals surface area contributed by atoms with Crippen molar-refractivity contribution in [2.45, 2.75) is 180 Å². The standard InChI is InChI=1S/C30H63N/c1-6-9-11-13-15-17-19-21-23-25-28-30(27-8-3,31(4)5)29-26-24-22-20-18-16-14-12-10-7-2/h6-29H2,1-5H3. The van der Waals surface area contributed by atoms with Crippen molar-refractivity contribution in [3.63, 3.8) is 0 Å². The van der Waals surface area contributed by atoms with Crippen molar-refractivity contribution in [3.8, 4) is 0 Å². The second-order valence-electron chi connectivity index (χ2n) is 10.7. The molecule has 1 nitrogen and oxygen atoms in total. The Hall–Kier alpha value is -0.0400. The normalized spacial score (nSPS) is 12.2. The molecule has 0 aliphatic carbocycles. The van der Waals surface area contributed by atoms with E-state index in [1.54, 1.807) is 0 Å². The number of unbranched alkanes of at least 4 members (excludes halogenated alkanes) is 18. The summed E-state index contributed by atoms with van der Waals surface area (Å²) in [5, 5.41) is 0. The van der Waals surface area contributed by atoms with Crippen LogP contribution in [0.1, 0.15) is 175 Å². The van der Waals surface area contributed by atoms with Crippen LogP contribution in [-0.4, -0.2) is 24.5 Å². The minimum Gasteiger partial charge on any atom is -0.304 e. The first-order valence-electron chi connectivity index (χ1n) is 14.8. The quantitative estimate of drug-likeness (QED) is 0.128. The van der Waals surface area contributed by atoms with Crippen molar-refractivity contribution in [2.75, 3.05) is 14.1 Å². The van der Waals surface area contributed by atoms with Crippen LogP contribution < -0.4 is 0 Å². The molecule has 0 radical (unpaired) electrons. The molecular weight excluding hydrogens is 374 g/mol. The summed E-state index contributed by atoms with van der Waals surface area (Å²) in [4.78, 5) is 2.60. The summed E-state index contributed by atoms with van der Waals surface area (Å²) < 4.78 is 0. The zero-order valence-electron chi connectivity index (χ0n) is 22.9. The van der Waals surface area contributed by atoms with Gasteiger partial charge in [-0.05, 0) is 33.4 Å². The van der Waals surface area contributed by atoms with Gasteiger partial charge in [-0.3, -0.25) is 0 Å². The Morgan fingerprint density at radius 1 is 0.355 bits per heavy atom. The molecule has 1 heteroatoms. The Labute approximate surface area is 199 Å². The second-order valence-corrected chi connectivity index (χ2v) is 10.7. The third-order valence-electron chi connectivity index (χ3n) is 7.66. The summed E-state index contributed by atoms with van der Waals surface area (Å²) in [5.41, 5.74) is 0.467. The Balaban J connectivity index is 3.95. The lowest BCUT2D eigenvalue weighted by Crippen LogP contribution is -2.44. The van der Waals surface area contributed by atoms with Crippen LogP contribution in [0.25, 0.3) is 0 Å². The van der Waals surface area contributed by atoms with E-state index in [0.717, 1.165) is 0 Å². The first kappa shape index (κ1) is 31.0. The third kappa shape index (κ3) is 18.1. The van der Waals surface area contributed by atoms with Gasteiger partial charge < -0.3 is 4.90 Å². The molecule has 0 bridgehead atoms. The average molecular weight is 438 g/mol. The summed E-state index contributed by atoms with van der Waals surface area (Å²) in [5.74, 6) is 0. The maximum absolute atomic E-state index is 2.60. The van der Waals surface area contributed by atoms with Crippen LogP contribution in [0.3, 0.4) is 0 Å². The fourth-order valence-electron chi connectivity index (χ4n) is 5.39. The van der Waals surface area contributed by atoms with E-state index in [4.69, 9.17) is 0 Å². The van der Waals surface area contributed by atoms with Gasteiger partial charge in [-0.25, -0.2) is 0 Å². The van der Waals surface area contributed by atoms with Gasteiger partial charge in [0.1, 0.15) is 0 Å². The van der Waals surface area contributed by atoms with Gasteiger partial charge in [0.15, 0.2) is 0 Å². The minimum absolute atomic E-state index is 0.467. The van der Waals surface area contributed by atoms with Crippen molar-refractivity contribution in [1.82, 2.24) is 4.90 Å². The number of hydrogen-bond donors (Lipinski definition) is 0. The molecule has 0 saturated heterocycles. The van der Waals surface area contributed by atoms with Crippen LogP contribution in [0.4, 0.5) is 0 Å². The zero-order valence-corrected chi connectivity index (χ0v) is 22.9. The van der Waals surface area contributed by atoms with Crippen molar-refractivity contribution in [2.24, 2.45) is 0 Å². The molecule has 0 aromatic rings. The molecule has 0 rings (SSSR count). The topological polar surface area (TPSA) is 3.24 Å². The average Bonchev–Trinajstić information content (AvgIpc) is 2.76. The van der Waals surface area contributed by atoms with E-state index in [-0.39, 0.29) is 0 Å². The number of hydrogen-bond acceptors (Lipinski definition) is 1. The zero-order chi connectivity index (χ0) is 23.0. The van der Waals surface area contributed by atoms with Gasteiger partial charge in [0.05, 0.1) is 0 Å². The van der Waals surface area contributed by atoms with E-state index < -0.39 is 0 Å². The summed E-state index contributed by atoms with van der Waals surface area (Å²) in [6.45, 7) is 7.00. The monoisotopic (exact) mass is 437 g/mol. The molecule has 0 fully saturated rings. The van der Waals surface area contributed by atoms with E-state index >= 15 is 0 Å². The van der Waals surface area contributed by atoms with E-state index in [1.165, 1.54) is 154 Å². The van der Waals surface area contributed by atoms with Gasteiger partial charge in [0.2, 0.25) is 0 Å². The summed E-state index contributed by atoms with van der Waals surface area (Å²) in [6, 6.07) is 0. The van der Waals surface area contributed by atoms with Crippen LogP contribution >= 0.6 is 0 Å². The highest BCUT2D eigenvalue weighted by atomic mass is 15.1. The first-order chi connectivity index (χ1) is 15.1. The van der Waals surface area contributed by atoms with E-state index in [2.05, 4.69) is 39.8 Å². The molecule has 0 heterocycles.